The molecule has 0 aliphatic carbocycles. The van der Waals surface area contributed by atoms with E-state index in [-0.39, 0.29) is 19.0 Å². The Kier molecular flexibility index (Phi) is 5.70. The Hall–Kier alpha value is -3.85. The summed E-state index contributed by atoms with van der Waals surface area (Å²) in [6.07, 6.45) is 1.81. The van der Waals surface area contributed by atoms with E-state index in [1.807, 2.05) is 36.4 Å². The van der Waals surface area contributed by atoms with E-state index in [1.165, 1.54) is 11.3 Å². The molecular weight excluding hydrogens is 456 g/mol. The van der Waals surface area contributed by atoms with Crippen molar-refractivity contribution >= 4 is 23.4 Å². The van der Waals surface area contributed by atoms with Crippen LogP contribution in [0.1, 0.15) is 31.0 Å². The minimum Gasteiger partial charge on any atom is -0.497 e. The van der Waals surface area contributed by atoms with Crippen LogP contribution in [0.2, 0.25) is 0 Å². The number of fused-ring (bicyclic) bond motifs is 2. The summed E-state index contributed by atoms with van der Waals surface area (Å²) < 4.78 is 23.6. The van der Waals surface area contributed by atoms with Crippen molar-refractivity contribution in [1.82, 2.24) is 4.57 Å². The maximum Gasteiger partial charge on any atom is 0.338 e. The van der Waals surface area contributed by atoms with Crippen molar-refractivity contribution in [3.63, 3.8) is 0 Å². The molecule has 0 amide bonds. The Morgan fingerprint density at radius 3 is 2.71 bits per heavy atom. The van der Waals surface area contributed by atoms with Gasteiger partial charge in [-0.25, -0.2) is 9.79 Å². The molecule has 1 aromatic heterocycles. The average molecular weight is 479 g/mol. The quantitative estimate of drug-likeness (QED) is 0.524. The molecule has 8 nitrogen and oxygen atoms in total. The van der Waals surface area contributed by atoms with Crippen LogP contribution in [-0.2, 0) is 9.53 Å². The first-order valence-electron chi connectivity index (χ1n) is 10.7. The Balaban J connectivity index is 1.69. The van der Waals surface area contributed by atoms with E-state index < -0.39 is 12.0 Å². The summed E-state index contributed by atoms with van der Waals surface area (Å²) in [5, 5.41) is 0. The number of carbonyl (C=O) groups is 1. The zero-order valence-corrected chi connectivity index (χ0v) is 19.7. The van der Waals surface area contributed by atoms with Crippen molar-refractivity contribution < 1.29 is 23.7 Å². The number of hydrogen-bond donors (Lipinski definition) is 0. The molecular formula is C25H22N2O6S. The number of thiazole rings is 1. The molecule has 0 spiro atoms. The number of allylic oxidation sites excluding steroid dienone is 1. The SMILES string of the molecule is CCOC(=O)C1=C(C)N=c2s/c(=C/c3ccc(OC)cc3)c(=O)n2C1c1ccc2c(c1)OCO2. The van der Waals surface area contributed by atoms with Gasteiger partial charge >= 0.3 is 5.97 Å². The van der Waals surface area contributed by atoms with Gasteiger partial charge in [-0.1, -0.05) is 29.5 Å². The predicted octanol–water partition coefficient (Wildman–Crippen LogP) is 2.54. The van der Waals surface area contributed by atoms with Crippen molar-refractivity contribution in [2.75, 3.05) is 20.5 Å². The molecule has 9 heteroatoms. The van der Waals surface area contributed by atoms with Gasteiger partial charge in [-0.05, 0) is 55.3 Å². The molecule has 2 aromatic carbocycles. The second-order valence-corrected chi connectivity index (χ2v) is 8.70. The highest BCUT2D eigenvalue weighted by Crippen LogP contribution is 2.38. The van der Waals surface area contributed by atoms with Crippen LogP contribution < -0.4 is 29.1 Å². The minimum absolute atomic E-state index is 0.128. The van der Waals surface area contributed by atoms with Gasteiger partial charge in [0.25, 0.3) is 5.56 Å². The van der Waals surface area contributed by atoms with E-state index in [0.717, 1.165) is 11.3 Å². The Morgan fingerprint density at radius 1 is 1.21 bits per heavy atom. The third kappa shape index (κ3) is 3.77. The molecule has 3 aromatic rings. The fourth-order valence-electron chi connectivity index (χ4n) is 4.04. The van der Waals surface area contributed by atoms with Crippen LogP contribution in [0.3, 0.4) is 0 Å². The Bertz CT molecular complexity index is 1480. The average Bonchev–Trinajstić information content (AvgIpc) is 3.42. The summed E-state index contributed by atoms with van der Waals surface area (Å²) in [6.45, 7) is 3.84. The topological polar surface area (TPSA) is 88.4 Å². The van der Waals surface area contributed by atoms with Gasteiger partial charge in [-0.2, -0.15) is 0 Å². The number of esters is 1. The summed E-state index contributed by atoms with van der Waals surface area (Å²) in [7, 11) is 1.60. The molecule has 0 saturated carbocycles. The van der Waals surface area contributed by atoms with Gasteiger partial charge in [0.1, 0.15) is 5.75 Å². The largest absolute Gasteiger partial charge is 0.497 e. The van der Waals surface area contributed by atoms with Gasteiger partial charge in [0.15, 0.2) is 16.3 Å². The molecule has 2 aliphatic heterocycles. The van der Waals surface area contributed by atoms with Crippen LogP contribution in [0.15, 0.2) is 63.5 Å². The monoisotopic (exact) mass is 478 g/mol. The lowest BCUT2D eigenvalue weighted by molar-refractivity contribution is -0.139. The van der Waals surface area contributed by atoms with Crippen LogP contribution in [0.5, 0.6) is 17.2 Å². The molecule has 0 saturated heterocycles. The van der Waals surface area contributed by atoms with Gasteiger partial charge in [-0.3, -0.25) is 9.36 Å². The van der Waals surface area contributed by atoms with Crippen molar-refractivity contribution in [2.24, 2.45) is 4.99 Å². The normalized spacial score (nSPS) is 16.8. The van der Waals surface area contributed by atoms with E-state index in [9.17, 15) is 9.59 Å². The van der Waals surface area contributed by atoms with E-state index in [2.05, 4.69) is 4.99 Å². The van der Waals surface area contributed by atoms with E-state index >= 15 is 0 Å². The predicted molar refractivity (Wildman–Crippen MR) is 126 cm³/mol. The summed E-state index contributed by atoms with van der Waals surface area (Å²) in [5.74, 6) is 1.41. The number of nitrogens with zero attached hydrogens (tertiary/aromatic N) is 2. The maximum atomic E-state index is 13.6. The maximum absolute atomic E-state index is 13.6. The first-order chi connectivity index (χ1) is 16.5. The molecule has 0 N–H and O–H groups in total. The zero-order valence-electron chi connectivity index (χ0n) is 18.9. The number of carbonyl (C=O) groups excluding carboxylic acids is 1. The molecule has 1 atom stereocenters. The van der Waals surface area contributed by atoms with E-state index in [1.54, 1.807) is 37.7 Å². The van der Waals surface area contributed by atoms with Gasteiger partial charge < -0.3 is 18.9 Å². The number of hydrogen-bond acceptors (Lipinski definition) is 8. The van der Waals surface area contributed by atoms with Crippen LogP contribution >= 0.6 is 11.3 Å². The first-order valence-corrected chi connectivity index (χ1v) is 11.5. The van der Waals surface area contributed by atoms with Crippen LogP contribution in [0.25, 0.3) is 6.08 Å². The number of rotatable bonds is 5. The van der Waals surface area contributed by atoms with Crippen LogP contribution in [-0.4, -0.2) is 31.0 Å². The smallest absolute Gasteiger partial charge is 0.338 e. The van der Waals surface area contributed by atoms with Gasteiger partial charge in [0.2, 0.25) is 6.79 Å². The van der Waals surface area contributed by atoms with E-state index in [0.29, 0.717) is 37.7 Å². The second kappa shape index (κ2) is 8.83. The molecule has 0 bridgehead atoms. The highest BCUT2D eigenvalue weighted by molar-refractivity contribution is 7.07. The second-order valence-electron chi connectivity index (χ2n) is 7.69. The Labute approximate surface area is 199 Å². The molecule has 0 fully saturated rings. The summed E-state index contributed by atoms with van der Waals surface area (Å²) >= 11 is 1.28. The number of methoxy groups -OCH3 is 1. The molecule has 3 heterocycles. The first kappa shape index (κ1) is 22.0. The van der Waals surface area contributed by atoms with Crippen LogP contribution in [0, 0.1) is 0 Å². The fourth-order valence-corrected chi connectivity index (χ4v) is 5.09. The molecule has 2 aliphatic rings. The standard InChI is InChI=1S/C25H22N2O6S/c1-4-31-24(29)21-14(2)26-25-27(22(21)16-7-10-18-19(12-16)33-13-32-18)23(28)20(34-25)11-15-5-8-17(30-3)9-6-15/h5-12,22H,4,13H2,1-3H3/b20-11+. The highest BCUT2D eigenvalue weighted by Gasteiger charge is 2.34. The van der Waals surface area contributed by atoms with Gasteiger partial charge in [-0.15, -0.1) is 0 Å². The van der Waals surface area contributed by atoms with Crippen LogP contribution in [0.4, 0.5) is 0 Å². The lowest BCUT2D eigenvalue weighted by Crippen LogP contribution is -2.39. The van der Waals surface area contributed by atoms with Crippen molar-refractivity contribution in [3.05, 3.63) is 84.5 Å². The highest BCUT2D eigenvalue weighted by atomic mass is 32.1. The molecule has 5 rings (SSSR count). The third-order valence-electron chi connectivity index (χ3n) is 5.64. The number of ether oxygens (including phenoxy) is 4. The summed E-state index contributed by atoms with van der Waals surface area (Å²) in [6, 6.07) is 12.1. The number of benzene rings is 2. The summed E-state index contributed by atoms with van der Waals surface area (Å²) in [4.78, 5) is 31.7. The lowest BCUT2D eigenvalue weighted by atomic mass is 9.95. The minimum atomic E-state index is -0.706. The third-order valence-corrected chi connectivity index (χ3v) is 6.63. The van der Waals surface area contributed by atoms with Gasteiger partial charge in [0, 0.05) is 0 Å². The van der Waals surface area contributed by atoms with E-state index in [4.69, 9.17) is 18.9 Å². The van der Waals surface area contributed by atoms with Gasteiger partial charge in [0.05, 0.1) is 35.6 Å². The molecule has 0 radical (unpaired) electrons. The van der Waals surface area contributed by atoms with Crippen molar-refractivity contribution in [1.29, 1.82) is 0 Å². The zero-order chi connectivity index (χ0) is 23.8. The molecule has 174 valence electrons. The number of aromatic nitrogens is 1. The Morgan fingerprint density at radius 2 is 1.97 bits per heavy atom. The lowest BCUT2D eigenvalue weighted by Gasteiger charge is -2.24. The van der Waals surface area contributed by atoms with Crippen molar-refractivity contribution in [3.8, 4) is 17.2 Å². The molecule has 34 heavy (non-hydrogen) atoms. The van der Waals surface area contributed by atoms with Crippen molar-refractivity contribution in [2.45, 2.75) is 19.9 Å². The fraction of sp³-hybridized carbons (Fsp3) is 0.240. The summed E-state index contributed by atoms with van der Waals surface area (Å²) in [5.41, 5.74) is 2.16. The molecule has 1 unspecified atom stereocenters.